The minimum Gasteiger partial charge on any atom is -0.465 e. The minimum absolute atomic E-state index is 0.235. The molecule has 0 bridgehead atoms. The van der Waals surface area contributed by atoms with Gasteiger partial charge in [-0.25, -0.2) is 14.2 Å². The van der Waals surface area contributed by atoms with Crippen LogP contribution in [0.5, 0.6) is 0 Å². The fourth-order valence-corrected chi connectivity index (χ4v) is 5.70. The molecule has 1 fully saturated rings. The topological polar surface area (TPSA) is 67.1 Å². The number of amides is 1. The average molecular weight is 526 g/mol. The maximum Gasteiger partial charge on any atom is 0.407 e. The Bertz CT molecular complexity index is 1390. The van der Waals surface area contributed by atoms with E-state index in [-0.39, 0.29) is 23.2 Å². The van der Waals surface area contributed by atoms with Crippen molar-refractivity contribution in [3.8, 4) is 11.3 Å². The highest BCUT2D eigenvalue weighted by Crippen LogP contribution is 2.37. The molecule has 1 saturated heterocycles. The second-order valence-electron chi connectivity index (χ2n) is 8.80. The van der Waals surface area contributed by atoms with Crippen molar-refractivity contribution < 1.29 is 19.0 Å². The van der Waals surface area contributed by atoms with E-state index in [0.717, 1.165) is 21.7 Å². The van der Waals surface area contributed by atoms with Crippen LogP contribution in [0.4, 0.5) is 9.18 Å². The lowest BCUT2D eigenvalue weighted by atomic mass is 10.0. The largest absolute Gasteiger partial charge is 0.465 e. The Labute approximate surface area is 217 Å². The molecule has 3 heterocycles. The van der Waals surface area contributed by atoms with Gasteiger partial charge in [0.15, 0.2) is 0 Å². The summed E-state index contributed by atoms with van der Waals surface area (Å²) >= 11 is 8.19. The number of hydrogen-bond donors (Lipinski definition) is 1. The molecule has 1 aliphatic rings. The monoisotopic (exact) mass is 525 g/mol. The van der Waals surface area contributed by atoms with E-state index in [1.54, 1.807) is 6.07 Å². The van der Waals surface area contributed by atoms with Gasteiger partial charge in [0.2, 0.25) is 0 Å². The van der Waals surface area contributed by atoms with E-state index >= 15 is 4.39 Å². The highest BCUT2D eigenvalue weighted by Gasteiger charge is 2.28. The molecule has 2 aromatic heterocycles. The number of rotatable bonds is 6. The SMILES string of the molecule is Cc1ccn2c(C[C@H]3CN(C(=O)O)CCO3)c(-c3c(F)cc(SCc4ccccc4)cc3Cl)nc2c1. The molecule has 36 heavy (non-hydrogen) atoms. The maximum atomic E-state index is 15.6. The number of nitrogens with zero attached hydrogens (tertiary/aromatic N) is 3. The van der Waals surface area contributed by atoms with Crippen molar-refractivity contribution >= 4 is 35.1 Å². The molecule has 0 radical (unpaired) electrons. The number of pyridine rings is 1. The number of morpholine rings is 1. The van der Waals surface area contributed by atoms with Gasteiger partial charge in [-0.3, -0.25) is 0 Å². The van der Waals surface area contributed by atoms with Crippen molar-refractivity contribution in [2.75, 3.05) is 19.7 Å². The van der Waals surface area contributed by atoms with Crippen LogP contribution in [0.25, 0.3) is 16.9 Å². The third kappa shape index (κ3) is 5.21. The van der Waals surface area contributed by atoms with Crippen LogP contribution >= 0.6 is 23.4 Å². The summed E-state index contributed by atoms with van der Waals surface area (Å²) in [5.74, 6) is 0.254. The molecule has 9 heteroatoms. The number of hydrogen-bond acceptors (Lipinski definition) is 4. The number of ether oxygens (including phenoxy) is 1. The average Bonchev–Trinajstić information content (AvgIpc) is 3.19. The number of carbonyl (C=O) groups is 1. The van der Waals surface area contributed by atoms with Crippen molar-refractivity contribution in [1.82, 2.24) is 14.3 Å². The van der Waals surface area contributed by atoms with E-state index < -0.39 is 11.9 Å². The zero-order chi connectivity index (χ0) is 25.2. The van der Waals surface area contributed by atoms with Crippen LogP contribution < -0.4 is 0 Å². The summed E-state index contributed by atoms with van der Waals surface area (Å²) in [6.45, 7) is 2.84. The first-order valence-electron chi connectivity index (χ1n) is 11.6. The molecular formula is C27H25ClFN3O3S. The Morgan fingerprint density at radius 3 is 2.81 bits per heavy atom. The summed E-state index contributed by atoms with van der Waals surface area (Å²) in [7, 11) is 0. The smallest absolute Gasteiger partial charge is 0.407 e. The van der Waals surface area contributed by atoms with Crippen LogP contribution in [0.2, 0.25) is 5.02 Å². The first-order chi connectivity index (χ1) is 17.4. The van der Waals surface area contributed by atoms with E-state index in [0.29, 0.717) is 36.7 Å². The van der Waals surface area contributed by atoms with Crippen LogP contribution in [-0.4, -0.2) is 51.3 Å². The molecular weight excluding hydrogens is 501 g/mol. The molecule has 1 aliphatic heterocycles. The summed E-state index contributed by atoms with van der Waals surface area (Å²) in [4.78, 5) is 18.3. The van der Waals surface area contributed by atoms with E-state index in [1.165, 1.54) is 22.7 Å². The lowest BCUT2D eigenvalue weighted by Crippen LogP contribution is -2.45. The van der Waals surface area contributed by atoms with Gasteiger partial charge in [0.1, 0.15) is 11.5 Å². The molecule has 0 spiro atoms. The van der Waals surface area contributed by atoms with Crippen LogP contribution in [0, 0.1) is 12.7 Å². The molecule has 0 unspecified atom stereocenters. The maximum absolute atomic E-state index is 15.6. The Morgan fingerprint density at radius 1 is 1.25 bits per heavy atom. The number of aromatic nitrogens is 2. The number of carboxylic acid groups (broad SMARTS) is 1. The quantitative estimate of drug-likeness (QED) is 0.298. The highest BCUT2D eigenvalue weighted by atomic mass is 35.5. The van der Waals surface area contributed by atoms with Crippen molar-refractivity contribution in [1.29, 1.82) is 0 Å². The van der Waals surface area contributed by atoms with Crippen molar-refractivity contribution in [3.05, 3.63) is 88.5 Å². The standard InChI is InChI=1S/C27H25ClFN3O3S/c1-17-7-8-32-23(12-19-15-31(27(33)34)9-10-35-19)26(30-24(32)11-17)25-21(28)13-20(14-22(25)29)36-16-18-5-3-2-4-6-18/h2-8,11,13-14,19H,9-10,12,15-16H2,1H3,(H,33,34)/t19-/m0/s1. The summed E-state index contributed by atoms with van der Waals surface area (Å²) in [5, 5.41) is 9.70. The zero-order valence-corrected chi connectivity index (χ0v) is 21.2. The van der Waals surface area contributed by atoms with E-state index in [1.807, 2.05) is 60.0 Å². The van der Waals surface area contributed by atoms with E-state index in [2.05, 4.69) is 0 Å². The van der Waals surface area contributed by atoms with Crippen molar-refractivity contribution in [2.45, 2.75) is 30.1 Å². The number of benzene rings is 2. The lowest BCUT2D eigenvalue weighted by molar-refractivity contribution is -0.0214. The van der Waals surface area contributed by atoms with Gasteiger partial charge in [-0.15, -0.1) is 11.8 Å². The number of halogens is 2. The Kier molecular flexibility index (Phi) is 7.18. The van der Waals surface area contributed by atoms with E-state index in [4.69, 9.17) is 21.3 Å². The predicted molar refractivity (Wildman–Crippen MR) is 139 cm³/mol. The number of fused-ring (bicyclic) bond motifs is 1. The second kappa shape index (κ2) is 10.5. The molecule has 0 saturated carbocycles. The van der Waals surface area contributed by atoms with Gasteiger partial charge in [-0.2, -0.15) is 0 Å². The summed E-state index contributed by atoms with van der Waals surface area (Å²) in [6, 6.07) is 17.1. The van der Waals surface area contributed by atoms with Crippen LogP contribution in [-0.2, 0) is 16.9 Å². The van der Waals surface area contributed by atoms with Gasteiger partial charge in [0.05, 0.1) is 41.2 Å². The first kappa shape index (κ1) is 24.6. The molecule has 2 aromatic carbocycles. The second-order valence-corrected chi connectivity index (χ2v) is 10.3. The predicted octanol–water partition coefficient (Wildman–Crippen LogP) is 6.32. The summed E-state index contributed by atoms with van der Waals surface area (Å²) in [6.07, 6.45) is 0.903. The summed E-state index contributed by atoms with van der Waals surface area (Å²) in [5.41, 5.74) is 4.25. The first-order valence-corrected chi connectivity index (χ1v) is 13.0. The molecule has 6 nitrogen and oxygen atoms in total. The Morgan fingerprint density at radius 2 is 2.06 bits per heavy atom. The number of imidazole rings is 1. The van der Waals surface area contributed by atoms with Gasteiger partial charge < -0.3 is 19.1 Å². The van der Waals surface area contributed by atoms with Crippen LogP contribution in [0.15, 0.2) is 65.7 Å². The van der Waals surface area contributed by atoms with Gasteiger partial charge in [-0.05, 0) is 42.3 Å². The summed E-state index contributed by atoms with van der Waals surface area (Å²) < 4.78 is 23.4. The van der Waals surface area contributed by atoms with Crippen LogP contribution in [0.3, 0.4) is 0 Å². The third-order valence-electron chi connectivity index (χ3n) is 6.21. The van der Waals surface area contributed by atoms with Gasteiger partial charge in [-0.1, -0.05) is 41.9 Å². The fraction of sp³-hybridized carbons (Fsp3) is 0.259. The Hall–Kier alpha value is -3.07. The molecule has 4 aromatic rings. The Balaban J connectivity index is 1.50. The zero-order valence-electron chi connectivity index (χ0n) is 19.7. The molecule has 0 aliphatic carbocycles. The number of thioether (sulfide) groups is 1. The fourth-order valence-electron chi connectivity index (χ4n) is 4.43. The van der Waals surface area contributed by atoms with Crippen molar-refractivity contribution in [2.24, 2.45) is 0 Å². The molecule has 186 valence electrons. The van der Waals surface area contributed by atoms with Crippen LogP contribution in [0.1, 0.15) is 16.8 Å². The normalized spacial score (nSPS) is 16.0. The molecule has 1 atom stereocenters. The number of aryl methyl sites for hydroxylation is 1. The van der Waals surface area contributed by atoms with Gasteiger partial charge >= 0.3 is 6.09 Å². The molecule has 1 amide bonds. The third-order valence-corrected chi connectivity index (χ3v) is 7.56. The van der Waals surface area contributed by atoms with Gasteiger partial charge in [0.25, 0.3) is 0 Å². The lowest BCUT2D eigenvalue weighted by Gasteiger charge is -2.31. The molecule has 1 N–H and O–H groups in total. The minimum atomic E-state index is -0.977. The highest BCUT2D eigenvalue weighted by molar-refractivity contribution is 7.98. The van der Waals surface area contributed by atoms with Gasteiger partial charge in [0, 0.05) is 29.8 Å². The van der Waals surface area contributed by atoms with Crippen molar-refractivity contribution in [3.63, 3.8) is 0 Å². The molecule has 5 rings (SSSR count). The van der Waals surface area contributed by atoms with E-state index in [9.17, 15) is 9.90 Å².